The van der Waals surface area contributed by atoms with E-state index in [9.17, 15) is 0 Å². The highest BCUT2D eigenvalue weighted by Gasteiger charge is 2.26. The number of hydrogen-bond donors (Lipinski definition) is 1. The van der Waals surface area contributed by atoms with Crippen LogP contribution in [0.15, 0.2) is 24.3 Å². The molecule has 0 amide bonds. The molecule has 0 spiro atoms. The van der Waals surface area contributed by atoms with Gasteiger partial charge in [0, 0.05) is 29.6 Å². The molecule has 2 atom stereocenters. The molecular formula is C15H22ClNO. The normalized spacial score (nSPS) is 24.4. The minimum atomic E-state index is 0.529. The fraction of sp³-hybridized carbons (Fsp3) is 0.600. The Morgan fingerprint density at radius 2 is 2.06 bits per heavy atom. The van der Waals surface area contributed by atoms with Crippen LogP contribution < -0.4 is 5.32 Å². The van der Waals surface area contributed by atoms with Gasteiger partial charge in [0.05, 0.1) is 6.61 Å². The van der Waals surface area contributed by atoms with Crippen LogP contribution in [-0.4, -0.2) is 25.3 Å². The molecule has 1 saturated heterocycles. The largest absolute Gasteiger partial charge is 0.381 e. The molecule has 1 aromatic carbocycles. The zero-order valence-electron chi connectivity index (χ0n) is 11.2. The summed E-state index contributed by atoms with van der Waals surface area (Å²) < 4.78 is 5.62. The molecule has 2 nitrogen and oxygen atoms in total. The Balaban J connectivity index is 1.98. The van der Waals surface area contributed by atoms with Gasteiger partial charge in [0.25, 0.3) is 0 Å². The van der Waals surface area contributed by atoms with Crippen molar-refractivity contribution in [3.8, 4) is 0 Å². The fourth-order valence-corrected chi connectivity index (χ4v) is 2.69. The number of hydrogen-bond acceptors (Lipinski definition) is 2. The van der Waals surface area contributed by atoms with Gasteiger partial charge < -0.3 is 10.1 Å². The van der Waals surface area contributed by atoms with Gasteiger partial charge in [-0.1, -0.05) is 37.6 Å². The van der Waals surface area contributed by atoms with Gasteiger partial charge in [-0.15, -0.1) is 0 Å². The van der Waals surface area contributed by atoms with E-state index in [1.165, 1.54) is 5.56 Å². The molecule has 1 aliphatic rings. The molecule has 100 valence electrons. The van der Waals surface area contributed by atoms with Crippen LogP contribution in [0.4, 0.5) is 0 Å². The maximum absolute atomic E-state index is 5.91. The number of benzene rings is 1. The van der Waals surface area contributed by atoms with Crippen LogP contribution in [0.2, 0.25) is 5.02 Å². The maximum atomic E-state index is 5.91. The summed E-state index contributed by atoms with van der Waals surface area (Å²) in [6.07, 6.45) is 2.16. The molecule has 0 bridgehead atoms. The highest BCUT2D eigenvalue weighted by Crippen LogP contribution is 2.21. The van der Waals surface area contributed by atoms with Gasteiger partial charge in [-0.3, -0.25) is 0 Å². The van der Waals surface area contributed by atoms with Gasteiger partial charge in [-0.2, -0.15) is 0 Å². The molecular weight excluding hydrogens is 246 g/mol. The molecule has 0 aromatic heterocycles. The molecule has 1 aromatic rings. The smallest absolute Gasteiger partial charge is 0.0512 e. The summed E-state index contributed by atoms with van der Waals surface area (Å²) in [6.45, 7) is 6.14. The van der Waals surface area contributed by atoms with E-state index in [2.05, 4.69) is 31.3 Å². The second-order valence-corrected chi connectivity index (χ2v) is 5.82. The molecule has 1 fully saturated rings. The summed E-state index contributed by atoms with van der Waals surface area (Å²) in [5, 5.41) is 4.46. The molecule has 1 heterocycles. The molecule has 3 heteroatoms. The van der Waals surface area contributed by atoms with E-state index in [0.29, 0.717) is 18.0 Å². The van der Waals surface area contributed by atoms with E-state index in [4.69, 9.17) is 16.3 Å². The standard InChI is InChI=1S/C15H22ClNO/c1-11(2)17-15-7-8-18-10-13(15)9-12-3-5-14(16)6-4-12/h3-6,11,13,15,17H,7-10H2,1-2H3/t13-,15-/m1/s1. The summed E-state index contributed by atoms with van der Waals surface area (Å²) in [6, 6.07) is 9.25. The summed E-state index contributed by atoms with van der Waals surface area (Å²) in [5.41, 5.74) is 1.34. The molecule has 1 N–H and O–H groups in total. The Bertz CT molecular complexity index is 363. The van der Waals surface area contributed by atoms with Crippen molar-refractivity contribution in [1.29, 1.82) is 0 Å². The van der Waals surface area contributed by atoms with Gasteiger partial charge >= 0.3 is 0 Å². The number of ether oxygens (including phenoxy) is 1. The lowest BCUT2D eigenvalue weighted by atomic mass is 9.89. The highest BCUT2D eigenvalue weighted by atomic mass is 35.5. The Morgan fingerprint density at radius 3 is 2.72 bits per heavy atom. The molecule has 1 aliphatic heterocycles. The van der Waals surface area contributed by atoms with E-state index in [-0.39, 0.29) is 0 Å². The van der Waals surface area contributed by atoms with E-state index >= 15 is 0 Å². The number of rotatable bonds is 4. The first kappa shape index (κ1) is 13.9. The Kier molecular flexibility index (Phi) is 5.04. The van der Waals surface area contributed by atoms with E-state index in [1.807, 2.05) is 12.1 Å². The first-order valence-electron chi connectivity index (χ1n) is 6.73. The van der Waals surface area contributed by atoms with Crippen molar-refractivity contribution in [2.24, 2.45) is 5.92 Å². The number of halogens is 1. The zero-order chi connectivity index (χ0) is 13.0. The van der Waals surface area contributed by atoms with Gasteiger partial charge in [0.2, 0.25) is 0 Å². The molecule has 0 saturated carbocycles. The third-order valence-electron chi connectivity index (χ3n) is 3.43. The van der Waals surface area contributed by atoms with E-state index < -0.39 is 0 Å². The second-order valence-electron chi connectivity index (χ2n) is 5.38. The Morgan fingerprint density at radius 1 is 1.33 bits per heavy atom. The van der Waals surface area contributed by atoms with Crippen LogP contribution in [0.5, 0.6) is 0 Å². The molecule has 2 rings (SSSR count). The van der Waals surface area contributed by atoms with Gasteiger partial charge in [0.15, 0.2) is 0 Å². The lowest BCUT2D eigenvalue weighted by molar-refractivity contribution is 0.0300. The topological polar surface area (TPSA) is 21.3 Å². The first-order chi connectivity index (χ1) is 8.65. The average molecular weight is 268 g/mol. The molecule has 0 unspecified atom stereocenters. The lowest BCUT2D eigenvalue weighted by Gasteiger charge is -2.33. The Hall–Kier alpha value is -0.570. The van der Waals surface area contributed by atoms with Crippen molar-refractivity contribution >= 4 is 11.6 Å². The van der Waals surface area contributed by atoms with E-state index in [1.54, 1.807) is 0 Å². The third-order valence-corrected chi connectivity index (χ3v) is 3.68. The van der Waals surface area contributed by atoms with E-state index in [0.717, 1.165) is 31.1 Å². The first-order valence-corrected chi connectivity index (χ1v) is 7.11. The summed E-state index contributed by atoms with van der Waals surface area (Å²) >= 11 is 5.91. The van der Waals surface area contributed by atoms with Crippen molar-refractivity contribution in [2.75, 3.05) is 13.2 Å². The lowest BCUT2D eigenvalue weighted by Crippen LogP contribution is -2.46. The summed E-state index contributed by atoms with van der Waals surface area (Å²) in [5.74, 6) is 0.558. The monoisotopic (exact) mass is 267 g/mol. The fourth-order valence-electron chi connectivity index (χ4n) is 2.57. The van der Waals surface area contributed by atoms with Crippen LogP contribution in [0.25, 0.3) is 0 Å². The van der Waals surface area contributed by atoms with Crippen LogP contribution in [-0.2, 0) is 11.2 Å². The molecule has 0 radical (unpaired) electrons. The zero-order valence-corrected chi connectivity index (χ0v) is 11.9. The average Bonchev–Trinajstić information content (AvgIpc) is 2.34. The van der Waals surface area contributed by atoms with Crippen LogP contribution in [0.1, 0.15) is 25.8 Å². The predicted molar refractivity (Wildman–Crippen MR) is 76.1 cm³/mol. The minimum absolute atomic E-state index is 0.529. The van der Waals surface area contributed by atoms with Gasteiger partial charge in [-0.25, -0.2) is 0 Å². The molecule has 18 heavy (non-hydrogen) atoms. The van der Waals surface area contributed by atoms with Crippen molar-refractivity contribution in [2.45, 2.75) is 38.8 Å². The molecule has 0 aliphatic carbocycles. The minimum Gasteiger partial charge on any atom is -0.381 e. The van der Waals surface area contributed by atoms with Crippen molar-refractivity contribution in [1.82, 2.24) is 5.32 Å². The van der Waals surface area contributed by atoms with Crippen molar-refractivity contribution in [3.63, 3.8) is 0 Å². The third kappa shape index (κ3) is 3.98. The summed E-state index contributed by atoms with van der Waals surface area (Å²) in [4.78, 5) is 0. The van der Waals surface area contributed by atoms with Crippen molar-refractivity contribution in [3.05, 3.63) is 34.9 Å². The predicted octanol–water partition coefficient (Wildman–Crippen LogP) is 3.29. The van der Waals surface area contributed by atoms with Crippen LogP contribution >= 0.6 is 11.6 Å². The summed E-state index contributed by atoms with van der Waals surface area (Å²) in [7, 11) is 0. The van der Waals surface area contributed by atoms with Gasteiger partial charge in [-0.05, 0) is 30.5 Å². The van der Waals surface area contributed by atoms with Crippen molar-refractivity contribution < 1.29 is 4.74 Å². The highest BCUT2D eigenvalue weighted by molar-refractivity contribution is 6.30. The Labute approximate surface area is 115 Å². The van der Waals surface area contributed by atoms with Gasteiger partial charge in [0.1, 0.15) is 0 Å². The SMILES string of the molecule is CC(C)N[C@@H]1CCOC[C@H]1Cc1ccc(Cl)cc1. The van der Waals surface area contributed by atoms with Crippen LogP contribution in [0.3, 0.4) is 0 Å². The maximum Gasteiger partial charge on any atom is 0.0512 e. The van der Waals surface area contributed by atoms with Crippen LogP contribution in [0, 0.1) is 5.92 Å². The second kappa shape index (κ2) is 6.55. The number of nitrogens with one attached hydrogen (secondary N) is 1. The quantitative estimate of drug-likeness (QED) is 0.904.